The molecule has 0 fully saturated rings. The summed E-state index contributed by atoms with van der Waals surface area (Å²) in [4.78, 5) is 0. The molecule has 0 bridgehead atoms. The van der Waals surface area contributed by atoms with Gasteiger partial charge in [-0.15, -0.1) is 0 Å². The minimum atomic E-state index is -0.0621. The molecule has 0 radical (unpaired) electrons. The lowest BCUT2D eigenvalue weighted by Crippen LogP contribution is -2.11. The minimum absolute atomic E-state index is 0.0621. The molecule has 18 heavy (non-hydrogen) atoms. The number of ether oxygens (including phenoxy) is 1. The summed E-state index contributed by atoms with van der Waals surface area (Å²) in [5, 5.41) is 0. The van der Waals surface area contributed by atoms with Crippen LogP contribution in [-0.4, -0.2) is 6.61 Å². The van der Waals surface area contributed by atoms with Crippen LogP contribution >= 0.6 is 22.6 Å². The van der Waals surface area contributed by atoms with Gasteiger partial charge in [0.15, 0.2) is 0 Å². The first-order chi connectivity index (χ1) is 8.74. The third kappa shape index (κ3) is 2.24. The van der Waals surface area contributed by atoms with Crippen molar-refractivity contribution < 1.29 is 4.74 Å². The zero-order chi connectivity index (χ0) is 12.5. The van der Waals surface area contributed by atoms with Crippen LogP contribution in [-0.2, 0) is 6.42 Å². The lowest BCUT2D eigenvalue weighted by Gasteiger charge is -2.13. The smallest absolute Gasteiger partial charge is 0.122 e. The van der Waals surface area contributed by atoms with E-state index in [1.54, 1.807) is 0 Å². The van der Waals surface area contributed by atoms with E-state index in [-0.39, 0.29) is 6.04 Å². The maximum atomic E-state index is 6.32. The summed E-state index contributed by atoms with van der Waals surface area (Å²) in [6.45, 7) is 0.789. The third-order valence-corrected chi connectivity index (χ3v) is 4.02. The van der Waals surface area contributed by atoms with Gasteiger partial charge in [-0.1, -0.05) is 24.3 Å². The van der Waals surface area contributed by atoms with Crippen molar-refractivity contribution in [2.75, 3.05) is 6.61 Å². The van der Waals surface area contributed by atoms with Crippen molar-refractivity contribution in [1.82, 2.24) is 0 Å². The molecule has 1 aliphatic heterocycles. The second kappa shape index (κ2) is 4.90. The first-order valence-corrected chi connectivity index (χ1v) is 7.08. The third-order valence-electron chi connectivity index (χ3n) is 3.30. The molecule has 0 aliphatic carbocycles. The molecule has 2 nitrogen and oxygen atoms in total. The zero-order valence-electron chi connectivity index (χ0n) is 9.90. The van der Waals surface area contributed by atoms with Crippen LogP contribution in [0, 0.1) is 3.57 Å². The van der Waals surface area contributed by atoms with E-state index in [0.29, 0.717) is 0 Å². The Morgan fingerprint density at radius 3 is 2.56 bits per heavy atom. The SMILES string of the molecule is NC(c1ccc(I)cc1)c1ccc2c(c1)CCO2. The van der Waals surface area contributed by atoms with Crippen molar-refractivity contribution in [3.05, 3.63) is 62.7 Å². The molecule has 0 saturated heterocycles. The molecular formula is C15H14INO. The Kier molecular flexibility index (Phi) is 3.26. The van der Waals surface area contributed by atoms with E-state index in [9.17, 15) is 0 Å². The Morgan fingerprint density at radius 1 is 1.06 bits per heavy atom. The highest BCUT2D eigenvalue weighted by molar-refractivity contribution is 14.1. The normalized spacial score (nSPS) is 15.0. The molecule has 1 unspecified atom stereocenters. The average molecular weight is 351 g/mol. The monoisotopic (exact) mass is 351 g/mol. The van der Waals surface area contributed by atoms with E-state index in [1.807, 2.05) is 6.07 Å². The van der Waals surface area contributed by atoms with Crippen molar-refractivity contribution in [3.63, 3.8) is 0 Å². The molecule has 0 spiro atoms. The van der Waals surface area contributed by atoms with Gasteiger partial charge in [-0.3, -0.25) is 0 Å². The van der Waals surface area contributed by atoms with Crippen molar-refractivity contribution in [1.29, 1.82) is 0 Å². The molecular weight excluding hydrogens is 337 g/mol. The molecule has 1 atom stereocenters. The van der Waals surface area contributed by atoms with Gasteiger partial charge in [0.05, 0.1) is 12.6 Å². The van der Waals surface area contributed by atoms with Crippen molar-refractivity contribution >= 4 is 22.6 Å². The number of halogens is 1. The van der Waals surface area contributed by atoms with Gasteiger partial charge >= 0.3 is 0 Å². The highest BCUT2D eigenvalue weighted by atomic mass is 127. The number of hydrogen-bond acceptors (Lipinski definition) is 2. The fourth-order valence-corrected chi connectivity index (χ4v) is 2.62. The van der Waals surface area contributed by atoms with Crippen LogP contribution in [0.25, 0.3) is 0 Å². The van der Waals surface area contributed by atoms with Crippen LogP contribution in [0.15, 0.2) is 42.5 Å². The fraction of sp³-hybridized carbons (Fsp3) is 0.200. The van der Waals surface area contributed by atoms with Crippen LogP contribution in [0.1, 0.15) is 22.7 Å². The minimum Gasteiger partial charge on any atom is -0.493 e. The molecule has 0 amide bonds. The summed E-state index contributed by atoms with van der Waals surface area (Å²) in [7, 11) is 0. The Morgan fingerprint density at radius 2 is 1.78 bits per heavy atom. The molecule has 2 N–H and O–H groups in total. The second-order valence-electron chi connectivity index (χ2n) is 4.49. The molecule has 1 aliphatic rings. The number of fused-ring (bicyclic) bond motifs is 1. The average Bonchev–Trinajstić information content (AvgIpc) is 2.86. The van der Waals surface area contributed by atoms with E-state index in [0.717, 1.165) is 29.9 Å². The molecule has 92 valence electrons. The lowest BCUT2D eigenvalue weighted by atomic mass is 9.97. The largest absolute Gasteiger partial charge is 0.493 e. The summed E-state index contributed by atoms with van der Waals surface area (Å²) in [6, 6.07) is 14.6. The summed E-state index contributed by atoms with van der Waals surface area (Å²) >= 11 is 2.30. The molecule has 2 aromatic carbocycles. The highest BCUT2D eigenvalue weighted by Gasteiger charge is 2.15. The van der Waals surface area contributed by atoms with Crippen molar-refractivity contribution in [2.24, 2.45) is 5.73 Å². The molecule has 0 saturated carbocycles. The zero-order valence-corrected chi connectivity index (χ0v) is 12.1. The maximum absolute atomic E-state index is 6.32. The van der Waals surface area contributed by atoms with Gasteiger partial charge in [0, 0.05) is 9.99 Å². The molecule has 0 aromatic heterocycles. The van der Waals surface area contributed by atoms with Gasteiger partial charge in [0.1, 0.15) is 5.75 Å². The Balaban J connectivity index is 1.92. The van der Waals surface area contributed by atoms with Crippen LogP contribution < -0.4 is 10.5 Å². The summed E-state index contributed by atoms with van der Waals surface area (Å²) in [5.41, 5.74) is 9.89. The van der Waals surface area contributed by atoms with E-state index >= 15 is 0 Å². The fourth-order valence-electron chi connectivity index (χ4n) is 2.26. The van der Waals surface area contributed by atoms with Gasteiger partial charge in [0.2, 0.25) is 0 Å². The quantitative estimate of drug-likeness (QED) is 0.843. The van der Waals surface area contributed by atoms with Crippen LogP contribution in [0.3, 0.4) is 0 Å². The topological polar surface area (TPSA) is 35.2 Å². The van der Waals surface area contributed by atoms with Crippen LogP contribution in [0.4, 0.5) is 0 Å². The van der Waals surface area contributed by atoms with E-state index < -0.39 is 0 Å². The first-order valence-electron chi connectivity index (χ1n) is 6.01. The van der Waals surface area contributed by atoms with Crippen LogP contribution in [0.5, 0.6) is 5.75 Å². The maximum Gasteiger partial charge on any atom is 0.122 e. The Hall–Kier alpha value is -1.07. The molecule has 3 heteroatoms. The number of rotatable bonds is 2. The standard InChI is InChI=1S/C15H14INO/c16-13-4-1-10(2-5-13)15(17)12-3-6-14-11(9-12)7-8-18-14/h1-6,9,15H,7-8,17H2. The lowest BCUT2D eigenvalue weighted by molar-refractivity contribution is 0.357. The van der Waals surface area contributed by atoms with Gasteiger partial charge in [-0.25, -0.2) is 0 Å². The summed E-state index contributed by atoms with van der Waals surface area (Å²) < 4.78 is 6.74. The Labute approximate surface area is 120 Å². The first kappa shape index (κ1) is 12.0. The predicted octanol–water partition coefficient (Wildman–Crippen LogP) is 3.27. The predicted molar refractivity (Wildman–Crippen MR) is 80.8 cm³/mol. The van der Waals surface area contributed by atoms with Crippen LogP contribution in [0.2, 0.25) is 0 Å². The number of benzene rings is 2. The number of hydrogen-bond donors (Lipinski definition) is 1. The Bertz CT molecular complexity index is 565. The van der Waals surface area contributed by atoms with Crippen molar-refractivity contribution in [3.8, 4) is 5.75 Å². The highest BCUT2D eigenvalue weighted by Crippen LogP contribution is 2.29. The molecule has 3 rings (SSSR count). The van der Waals surface area contributed by atoms with Gasteiger partial charge in [-0.2, -0.15) is 0 Å². The van der Waals surface area contributed by atoms with Crippen molar-refractivity contribution in [2.45, 2.75) is 12.5 Å². The summed E-state index contributed by atoms with van der Waals surface area (Å²) in [6.07, 6.45) is 0.989. The second-order valence-corrected chi connectivity index (χ2v) is 5.74. The number of nitrogens with two attached hydrogens (primary N) is 1. The van der Waals surface area contributed by atoms with Gasteiger partial charge in [-0.05, 0) is 57.5 Å². The molecule has 2 aromatic rings. The van der Waals surface area contributed by atoms with E-state index in [1.165, 1.54) is 9.13 Å². The van der Waals surface area contributed by atoms with E-state index in [4.69, 9.17) is 10.5 Å². The van der Waals surface area contributed by atoms with Gasteiger partial charge in [0.25, 0.3) is 0 Å². The molecule has 1 heterocycles. The van der Waals surface area contributed by atoms with Gasteiger partial charge < -0.3 is 10.5 Å². The summed E-state index contributed by atoms with van der Waals surface area (Å²) in [5.74, 6) is 1.01. The van der Waals surface area contributed by atoms with E-state index in [2.05, 4.69) is 59.0 Å².